The fourth-order valence-electron chi connectivity index (χ4n) is 2.86. The summed E-state index contributed by atoms with van der Waals surface area (Å²) < 4.78 is 19.1. The number of aryl methyl sites for hydroxylation is 1. The van der Waals surface area contributed by atoms with Crippen molar-refractivity contribution in [1.29, 1.82) is 0 Å². The Morgan fingerprint density at radius 1 is 1.37 bits per heavy atom. The van der Waals surface area contributed by atoms with Gasteiger partial charge in [0.15, 0.2) is 0 Å². The highest BCUT2D eigenvalue weighted by atomic mass is 19.1. The molecule has 19 heavy (non-hydrogen) atoms. The highest BCUT2D eigenvalue weighted by Crippen LogP contribution is 2.31. The van der Waals surface area contributed by atoms with Gasteiger partial charge < -0.3 is 9.84 Å². The summed E-state index contributed by atoms with van der Waals surface area (Å²) in [5, 5.41) is 10.0. The maximum Gasteiger partial charge on any atom is 0.126 e. The molecule has 1 N–H and O–H groups in total. The van der Waals surface area contributed by atoms with E-state index in [0.717, 1.165) is 19.3 Å². The summed E-state index contributed by atoms with van der Waals surface area (Å²) in [5.74, 6) is 1.07. The van der Waals surface area contributed by atoms with E-state index in [0.29, 0.717) is 17.2 Å². The average molecular weight is 266 g/mol. The van der Waals surface area contributed by atoms with E-state index in [1.54, 1.807) is 19.1 Å². The first kappa shape index (κ1) is 14.3. The monoisotopic (exact) mass is 266 g/mol. The summed E-state index contributed by atoms with van der Waals surface area (Å²) in [6, 6.07) is 4.76. The van der Waals surface area contributed by atoms with Crippen molar-refractivity contribution in [1.82, 2.24) is 0 Å². The maximum absolute atomic E-state index is 13.2. The third kappa shape index (κ3) is 3.69. The fourth-order valence-corrected chi connectivity index (χ4v) is 2.86. The van der Waals surface area contributed by atoms with E-state index in [9.17, 15) is 9.50 Å². The van der Waals surface area contributed by atoms with E-state index >= 15 is 0 Å². The third-order valence-electron chi connectivity index (χ3n) is 3.98. The van der Waals surface area contributed by atoms with E-state index in [2.05, 4.69) is 6.92 Å². The van der Waals surface area contributed by atoms with Crippen LogP contribution >= 0.6 is 0 Å². The van der Waals surface area contributed by atoms with Crippen molar-refractivity contribution >= 4 is 0 Å². The molecule has 1 fully saturated rings. The van der Waals surface area contributed by atoms with E-state index < -0.39 is 6.10 Å². The van der Waals surface area contributed by atoms with Crippen LogP contribution in [0.15, 0.2) is 18.2 Å². The molecule has 0 amide bonds. The van der Waals surface area contributed by atoms with Crippen LogP contribution in [0, 0.1) is 18.7 Å². The zero-order valence-corrected chi connectivity index (χ0v) is 11.7. The van der Waals surface area contributed by atoms with Crippen LogP contribution in [0.2, 0.25) is 0 Å². The second-order valence-corrected chi connectivity index (χ2v) is 5.60. The molecule has 0 aromatic heterocycles. The van der Waals surface area contributed by atoms with Crippen molar-refractivity contribution in [3.8, 4) is 5.75 Å². The number of rotatable bonds is 4. The van der Waals surface area contributed by atoms with E-state index in [1.165, 1.54) is 18.9 Å². The van der Waals surface area contributed by atoms with Crippen molar-refractivity contribution < 1.29 is 14.2 Å². The van der Waals surface area contributed by atoms with Gasteiger partial charge in [-0.3, -0.25) is 0 Å². The van der Waals surface area contributed by atoms with Gasteiger partial charge in [-0.2, -0.15) is 0 Å². The van der Waals surface area contributed by atoms with Crippen LogP contribution < -0.4 is 4.74 Å². The minimum absolute atomic E-state index is 0.157. The molecule has 1 aliphatic rings. The molecule has 0 spiro atoms. The molecule has 0 radical (unpaired) electrons. The van der Waals surface area contributed by atoms with Crippen molar-refractivity contribution in [3.63, 3.8) is 0 Å². The van der Waals surface area contributed by atoms with Gasteiger partial charge in [0.1, 0.15) is 17.7 Å². The Bertz CT molecular complexity index is 419. The van der Waals surface area contributed by atoms with Gasteiger partial charge in [0.05, 0.1) is 6.10 Å². The quantitative estimate of drug-likeness (QED) is 0.897. The first-order chi connectivity index (χ1) is 9.10. The van der Waals surface area contributed by atoms with Crippen LogP contribution in [0.1, 0.15) is 44.6 Å². The van der Waals surface area contributed by atoms with Crippen molar-refractivity contribution in [3.05, 3.63) is 29.6 Å². The third-order valence-corrected chi connectivity index (χ3v) is 3.98. The van der Waals surface area contributed by atoms with Gasteiger partial charge in [-0.25, -0.2) is 4.39 Å². The summed E-state index contributed by atoms with van der Waals surface area (Å²) in [6.07, 6.45) is 4.57. The Balaban J connectivity index is 2.01. The van der Waals surface area contributed by atoms with E-state index in [4.69, 9.17) is 4.74 Å². The van der Waals surface area contributed by atoms with Gasteiger partial charge in [-0.15, -0.1) is 0 Å². The maximum atomic E-state index is 13.2. The van der Waals surface area contributed by atoms with Crippen LogP contribution in [0.5, 0.6) is 5.75 Å². The average Bonchev–Trinajstić information content (AvgIpc) is 2.38. The summed E-state index contributed by atoms with van der Waals surface area (Å²) in [5.41, 5.74) is 0.577. The summed E-state index contributed by atoms with van der Waals surface area (Å²) in [7, 11) is 0. The molecule has 0 heterocycles. The van der Waals surface area contributed by atoms with Crippen LogP contribution in [-0.4, -0.2) is 17.3 Å². The SMILES string of the molecule is CCCC1CCC(O)C(Oc2ccc(F)c(C)c2)C1. The van der Waals surface area contributed by atoms with Gasteiger partial charge >= 0.3 is 0 Å². The molecule has 2 nitrogen and oxygen atoms in total. The molecular formula is C16H23FO2. The van der Waals surface area contributed by atoms with E-state index in [1.807, 2.05) is 0 Å². The summed E-state index contributed by atoms with van der Waals surface area (Å²) >= 11 is 0. The highest BCUT2D eigenvalue weighted by Gasteiger charge is 2.30. The second-order valence-electron chi connectivity index (χ2n) is 5.60. The predicted octanol–water partition coefficient (Wildman–Crippen LogP) is 3.84. The zero-order chi connectivity index (χ0) is 13.8. The lowest BCUT2D eigenvalue weighted by Gasteiger charge is -2.33. The summed E-state index contributed by atoms with van der Waals surface area (Å²) in [4.78, 5) is 0. The molecule has 1 saturated carbocycles. The number of aliphatic hydroxyl groups excluding tert-OH is 1. The predicted molar refractivity (Wildman–Crippen MR) is 73.8 cm³/mol. The lowest BCUT2D eigenvalue weighted by atomic mass is 9.83. The molecule has 0 aliphatic heterocycles. The Labute approximate surface area is 114 Å². The smallest absolute Gasteiger partial charge is 0.126 e. The minimum atomic E-state index is -0.404. The Morgan fingerprint density at radius 2 is 2.16 bits per heavy atom. The molecule has 2 rings (SSSR count). The zero-order valence-electron chi connectivity index (χ0n) is 11.7. The largest absolute Gasteiger partial charge is 0.488 e. The van der Waals surface area contributed by atoms with Crippen LogP contribution in [0.3, 0.4) is 0 Å². The molecule has 1 aromatic rings. The lowest BCUT2D eigenvalue weighted by Crippen LogP contribution is -2.38. The number of aliphatic hydroxyl groups is 1. The number of hydrogen-bond donors (Lipinski definition) is 1. The summed E-state index contributed by atoms with van der Waals surface area (Å²) in [6.45, 7) is 3.91. The van der Waals surface area contributed by atoms with Crippen molar-refractivity contribution in [2.75, 3.05) is 0 Å². The first-order valence-corrected chi connectivity index (χ1v) is 7.21. The highest BCUT2D eigenvalue weighted by molar-refractivity contribution is 5.29. The fraction of sp³-hybridized carbons (Fsp3) is 0.625. The number of halogens is 1. The Morgan fingerprint density at radius 3 is 2.84 bits per heavy atom. The topological polar surface area (TPSA) is 29.5 Å². The number of benzene rings is 1. The Kier molecular flexibility index (Phi) is 4.81. The lowest BCUT2D eigenvalue weighted by molar-refractivity contribution is -0.0117. The second kappa shape index (κ2) is 6.38. The molecule has 0 bridgehead atoms. The van der Waals surface area contributed by atoms with Gasteiger partial charge in [0, 0.05) is 0 Å². The first-order valence-electron chi connectivity index (χ1n) is 7.21. The molecule has 1 aliphatic carbocycles. The van der Waals surface area contributed by atoms with Crippen molar-refractivity contribution in [2.24, 2.45) is 5.92 Å². The molecule has 1 aromatic carbocycles. The number of ether oxygens (including phenoxy) is 1. The Hall–Kier alpha value is -1.09. The van der Waals surface area contributed by atoms with Crippen LogP contribution in [-0.2, 0) is 0 Å². The molecular weight excluding hydrogens is 243 g/mol. The molecule has 0 saturated heterocycles. The standard InChI is InChI=1S/C16H23FO2/c1-3-4-12-5-8-15(18)16(10-12)19-13-6-7-14(17)11(2)9-13/h6-7,9,12,15-16,18H,3-5,8,10H2,1-2H3. The normalized spacial score (nSPS) is 27.3. The number of hydrogen-bond acceptors (Lipinski definition) is 2. The van der Waals surface area contributed by atoms with Crippen LogP contribution in [0.25, 0.3) is 0 Å². The molecule has 3 heteroatoms. The van der Waals surface area contributed by atoms with Gasteiger partial charge in [0.2, 0.25) is 0 Å². The van der Waals surface area contributed by atoms with Crippen molar-refractivity contribution in [2.45, 2.75) is 58.2 Å². The molecule has 106 valence electrons. The van der Waals surface area contributed by atoms with Crippen LogP contribution in [0.4, 0.5) is 4.39 Å². The minimum Gasteiger partial charge on any atom is -0.488 e. The van der Waals surface area contributed by atoms with Gasteiger partial charge in [-0.1, -0.05) is 19.8 Å². The van der Waals surface area contributed by atoms with Gasteiger partial charge in [0.25, 0.3) is 0 Å². The molecule has 3 atom stereocenters. The molecule has 3 unspecified atom stereocenters. The van der Waals surface area contributed by atoms with Gasteiger partial charge in [-0.05, 0) is 55.9 Å². The van der Waals surface area contributed by atoms with E-state index in [-0.39, 0.29) is 11.9 Å².